The Kier molecular flexibility index (Phi) is 2.21. The van der Waals surface area contributed by atoms with Gasteiger partial charge in [-0.25, -0.2) is 0 Å². The van der Waals surface area contributed by atoms with E-state index in [0.29, 0.717) is 11.7 Å². The molecule has 0 spiro atoms. The van der Waals surface area contributed by atoms with Crippen molar-refractivity contribution in [2.24, 2.45) is 5.92 Å². The number of carbonyl (C=O) groups excluding carboxylic acids is 1. The minimum atomic E-state index is 0.318. The Labute approximate surface area is 78.3 Å². The van der Waals surface area contributed by atoms with Crippen molar-refractivity contribution in [2.45, 2.75) is 25.7 Å². The lowest BCUT2D eigenvalue weighted by molar-refractivity contribution is -0.117. The molecule has 70 valence electrons. The lowest BCUT2D eigenvalue weighted by Gasteiger charge is -2.26. The van der Waals surface area contributed by atoms with E-state index in [1.165, 1.54) is 0 Å². The fourth-order valence-electron chi connectivity index (χ4n) is 2.09. The monoisotopic (exact) mass is 178 g/mol. The maximum atomic E-state index is 11.5. The Balaban J connectivity index is 2.24. The first-order valence-electron chi connectivity index (χ1n) is 4.80. The Morgan fingerprint density at radius 3 is 3.15 bits per heavy atom. The molecule has 0 bridgehead atoms. The largest absolute Gasteiger partial charge is 0.497 e. The van der Waals surface area contributed by atoms with Crippen molar-refractivity contribution in [3.8, 4) is 0 Å². The molecule has 1 fully saturated rings. The van der Waals surface area contributed by atoms with E-state index in [9.17, 15) is 4.79 Å². The number of methoxy groups -OCH3 is 1. The number of ether oxygens (including phenoxy) is 1. The second-order valence-electron chi connectivity index (χ2n) is 3.66. The van der Waals surface area contributed by atoms with Crippen LogP contribution in [0.1, 0.15) is 25.7 Å². The predicted octanol–water partition coefficient (Wildman–Crippen LogP) is 2.22. The highest BCUT2D eigenvalue weighted by molar-refractivity contribution is 5.97. The number of ketones is 1. The average molecular weight is 178 g/mol. The third-order valence-electron chi connectivity index (χ3n) is 2.86. The predicted molar refractivity (Wildman–Crippen MR) is 50.1 cm³/mol. The molecule has 1 saturated carbocycles. The summed E-state index contributed by atoms with van der Waals surface area (Å²) >= 11 is 0. The molecule has 0 aromatic carbocycles. The summed E-state index contributed by atoms with van der Waals surface area (Å²) in [5, 5.41) is 0. The highest BCUT2D eigenvalue weighted by atomic mass is 16.5. The number of allylic oxidation sites excluding steroid dienone is 3. The third kappa shape index (κ3) is 1.53. The molecule has 0 N–H and O–H groups in total. The fourth-order valence-corrected chi connectivity index (χ4v) is 2.09. The summed E-state index contributed by atoms with van der Waals surface area (Å²) in [7, 11) is 1.65. The van der Waals surface area contributed by atoms with Gasteiger partial charge in [-0.2, -0.15) is 0 Å². The van der Waals surface area contributed by atoms with Crippen molar-refractivity contribution in [2.75, 3.05) is 7.11 Å². The van der Waals surface area contributed by atoms with Gasteiger partial charge in [-0.3, -0.25) is 4.79 Å². The molecule has 2 rings (SSSR count). The SMILES string of the molecule is COC1=CCC2CCCC(=O)C2=C1. The van der Waals surface area contributed by atoms with Crippen LogP contribution in [0.2, 0.25) is 0 Å². The highest BCUT2D eigenvalue weighted by Gasteiger charge is 2.27. The second kappa shape index (κ2) is 3.36. The van der Waals surface area contributed by atoms with Gasteiger partial charge in [0.25, 0.3) is 0 Å². The van der Waals surface area contributed by atoms with Gasteiger partial charge < -0.3 is 4.74 Å². The van der Waals surface area contributed by atoms with Gasteiger partial charge in [0.2, 0.25) is 0 Å². The minimum absolute atomic E-state index is 0.318. The maximum Gasteiger partial charge on any atom is 0.159 e. The summed E-state index contributed by atoms with van der Waals surface area (Å²) < 4.78 is 5.12. The lowest BCUT2D eigenvalue weighted by atomic mass is 9.79. The molecule has 1 atom stereocenters. The first-order valence-corrected chi connectivity index (χ1v) is 4.80. The van der Waals surface area contributed by atoms with E-state index in [4.69, 9.17) is 4.74 Å². The van der Waals surface area contributed by atoms with E-state index in [1.807, 2.05) is 6.08 Å². The molecule has 2 aliphatic rings. The molecule has 0 amide bonds. The Bertz CT molecular complexity index is 286. The Morgan fingerprint density at radius 2 is 2.38 bits per heavy atom. The van der Waals surface area contributed by atoms with Gasteiger partial charge in [0, 0.05) is 12.0 Å². The van der Waals surface area contributed by atoms with Gasteiger partial charge in [0.1, 0.15) is 5.76 Å². The highest BCUT2D eigenvalue weighted by Crippen LogP contribution is 2.33. The normalized spacial score (nSPS) is 27.5. The van der Waals surface area contributed by atoms with Gasteiger partial charge in [-0.1, -0.05) is 0 Å². The van der Waals surface area contributed by atoms with Crippen LogP contribution in [0.15, 0.2) is 23.5 Å². The van der Waals surface area contributed by atoms with Gasteiger partial charge in [-0.15, -0.1) is 0 Å². The van der Waals surface area contributed by atoms with Crippen LogP contribution >= 0.6 is 0 Å². The van der Waals surface area contributed by atoms with Crippen LogP contribution in [0.5, 0.6) is 0 Å². The molecule has 0 aromatic rings. The summed E-state index contributed by atoms with van der Waals surface area (Å²) in [6, 6.07) is 0. The topological polar surface area (TPSA) is 26.3 Å². The molecule has 2 aliphatic carbocycles. The summed E-state index contributed by atoms with van der Waals surface area (Å²) in [6.45, 7) is 0. The third-order valence-corrected chi connectivity index (χ3v) is 2.86. The number of rotatable bonds is 1. The van der Waals surface area contributed by atoms with Gasteiger partial charge in [-0.05, 0) is 37.3 Å². The molecule has 0 heterocycles. The number of Topliss-reactive ketones (excluding diaryl/α,β-unsaturated/α-hetero) is 1. The summed E-state index contributed by atoms with van der Waals surface area (Å²) in [6.07, 6.45) is 7.89. The van der Waals surface area contributed by atoms with Crippen LogP contribution in [0, 0.1) is 5.92 Å². The quantitative estimate of drug-likeness (QED) is 0.615. The van der Waals surface area contributed by atoms with Crippen molar-refractivity contribution in [1.29, 1.82) is 0 Å². The van der Waals surface area contributed by atoms with Crippen LogP contribution in [0.3, 0.4) is 0 Å². The second-order valence-corrected chi connectivity index (χ2v) is 3.66. The summed E-state index contributed by atoms with van der Waals surface area (Å²) in [5.41, 5.74) is 0.991. The summed E-state index contributed by atoms with van der Waals surface area (Å²) in [5.74, 6) is 1.64. The molecule has 0 aromatic heterocycles. The van der Waals surface area contributed by atoms with Crippen LogP contribution in [-0.2, 0) is 9.53 Å². The molecule has 2 heteroatoms. The number of hydrogen-bond acceptors (Lipinski definition) is 2. The van der Waals surface area contributed by atoms with E-state index in [0.717, 1.165) is 37.0 Å². The lowest BCUT2D eigenvalue weighted by Crippen LogP contribution is -2.21. The van der Waals surface area contributed by atoms with Crippen LogP contribution in [0.25, 0.3) is 0 Å². The molecule has 2 nitrogen and oxygen atoms in total. The van der Waals surface area contributed by atoms with Crippen molar-refractivity contribution >= 4 is 5.78 Å². The molecular weight excluding hydrogens is 164 g/mol. The first kappa shape index (κ1) is 8.54. The van der Waals surface area contributed by atoms with E-state index < -0.39 is 0 Å². The zero-order chi connectivity index (χ0) is 9.26. The standard InChI is InChI=1S/C11H14O2/c1-13-9-6-5-8-3-2-4-11(12)10(8)7-9/h6-8H,2-5H2,1H3. The fraction of sp³-hybridized carbons (Fsp3) is 0.545. The molecule has 0 aliphatic heterocycles. The first-order chi connectivity index (χ1) is 6.31. The van der Waals surface area contributed by atoms with Crippen LogP contribution < -0.4 is 0 Å². The van der Waals surface area contributed by atoms with Gasteiger partial charge >= 0.3 is 0 Å². The van der Waals surface area contributed by atoms with Crippen molar-refractivity contribution in [3.63, 3.8) is 0 Å². The van der Waals surface area contributed by atoms with Gasteiger partial charge in [0.05, 0.1) is 7.11 Å². The number of fused-ring (bicyclic) bond motifs is 1. The number of hydrogen-bond donors (Lipinski definition) is 0. The van der Waals surface area contributed by atoms with Crippen LogP contribution in [0.4, 0.5) is 0 Å². The molecule has 0 radical (unpaired) electrons. The van der Waals surface area contributed by atoms with E-state index in [-0.39, 0.29) is 0 Å². The van der Waals surface area contributed by atoms with E-state index in [1.54, 1.807) is 7.11 Å². The average Bonchev–Trinajstić information content (AvgIpc) is 2.18. The smallest absolute Gasteiger partial charge is 0.159 e. The molecule has 0 saturated heterocycles. The van der Waals surface area contributed by atoms with Crippen molar-refractivity contribution in [1.82, 2.24) is 0 Å². The minimum Gasteiger partial charge on any atom is -0.497 e. The number of carbonyl (C=O) groups is 1. The zero-order valence-corrected chi connectivity index (χ0v) is 7.88. The Morgan fingerprint density at radius 1 is 1.54 bits per heavy atom. The zero-order valence-electron chi connectivity index (χ0n) is 7.88. The molecule has 1 unspecified atom stereocenters. The van der Waals surface area contributed by atoms with E-state index in [2.05, 4.69) is 6.08 Å². The van der Waals surface area contributed by atoms with Crippen molar-refractivity contribution < 1.29 is 9.53 Å². The van der Waals surface area contributed by atoms with E-state index >= 15 is 0 Å². The maximum absolute atomic E-state index is 11.5. The van der Waals surface area contributed by atoms with Crippen LogP contribution in [-0.4, -0.2) is 12.9 Å². The van der Waals surface area contributed by atoms with Gasteiger partial charge in [0.15, 0.2) is 5.78 Å². The molecular formula is C11H14O2. The summed E-state index contributed by atoms with van der Waals surface area (Å²) in [4.78, 5) is 11.5. The Hall–Kier alpha value is -1.05. The molecule has 13 heavy (non-hydrogen) atoms. The van der Waals surface area contributed by atoms with Crippen molar-refractivity contribution in [3.05, 3.63) is 23.5 Å².